The lowest BCUT2D eigenvalue weighted by Gasteiger charge is -2.40. The zero-order valence-corrected chi connectivity index (χ0v) is 10.6. The molecule has 0 spiro atoms. The van der Waals surface area contributed by atoms with Crippen LogP contribution in [0.15, 0.2) is 0 Å². The average Bonchev–Trinajstić information content (AvgIpc) is 2.39. The number of rotatable bonds is 2. The maximum absolute atomic E-state index is 10.8. The van der Waals surface area contributed by atoms with Crippen LogP contribution in [0.2, 0.25) is 0 Å². The molecule has 0 unspecified atom stereocenters. The number of amides is 1. The van der Waals surface area contributed by atoms with Crippen LogP contribution in [-0.2, 0) is 0 Å². The molecular formula is C12H23N3O2. The lowest BCUT2D eigenvalue weighted by atomic mass is 9.89. The van der Waals surface area contributed by atoms with E-state index in [2.05, 4.69) is 17.1 Å². The van der Waals surface area contributed by atoms with Gasteiger partial charge in [0.2, 0.25) is 0 Å². The van der Waals surface area contributed by atoms with E-state index in [1.54, 1.807) is 4.90 Å². The Morgan fingerprint density at radius 2 is 1.82 bits per heavy atom. The minimum absolute atomic E-state index is 0.591. The molecule has 0 radical (unpaired) electrons. The Morgan fingerprint density at radius 3 is 2.35 bits per heavy atom. The second-order valence-corrected chi connectivity index (χ2v) is 5.13. The molecule has 17 heavy (non-hydrogen) atoms. The van der Waals surface area contributed by atoms with Gasteiger partial charge >= 0.3 is 6.09 Å². The van der Waals surface area contributed by atoms with Crippen molar-refractivity contribution < 1.29 is 9.90 Å². The molecule has 0 bridgehead atoms. The van der Waals surface area contributed by atoms with Crippen molar-refractivity contribution in [2.45, 2.75) is 25.8 Å². The number of hydrogen-bond acceptors (Lipinski definition) is 3. The Morgan fingerprint density at radius 1 is 1.24 bits per heavy atom. The number of nitrogens with one attached hydrogen (secondary N) is 1. The van der Waals surface area contributed by atoms with E-state index in [-0.39, 0.29) is 0 Å². The fourth-order valence-corrected chi connectivity index (χ4v) is 2.96. The third kappa shape index (κ3) is 3.10. The minimum Gasteiger partial charge on any atom is -0.465 e. The molecule has 2 rings (SSSR count). The Labute approximate surface area is 103 Å². The maximum Gasteiger partial charge on any atom is 0.407 e. The van der Waals surface area contributed by atoms with Crippen molar-refractivity contribution in [3.63, 3.8) is 0 Å². The second-order valence-electron chi connectivity index (χ2n) is 5.13. The lowest BCUT2D eigenvalue weighted by molar-refractivity contribution is 0.0817. The molecule has 1 atom stereocenters. The van der Waals surface area contributed by atoms with Gasteiger partial charge in [0, 0.05) is 45.3 Å². The van der Waals surface area contributed by atoms with Crippen molar-refractivity contribution in [2.75, 3.05) is 39.3 Å². The molecule has 2 aliphatic heterocycles. The highest BCUT2D eigenvalue weighted by molar-refractivity contribution is 5.64. The first-order valence-electron chi connectivity index (χ1n) is 6.61. The number of piperazine rings is 1. The lowest BCUT2D eigenvalue weighted by Crippen LogP contribution is -2.51. The summed E-state index contributed by atoms with van der Waals surface area (Å²) in [6.07, 6.45) is 1.26. The Kier molecular flexibility index (Phi) is 4.23. The highest BCUT2D eigenvalue weighted by atomic mass is 16.4. The monoisotopic (exact) mass is 241 g/mol. The third-order valence-corrected chi connectivity index (χ3v) is 4.22. The van der Waals surface area contributed by atoms with Crippen LogP contribution >= 0.6 is 0 Å². The van der Waals surface area contributed by atoms with Gasteiger partial charge < -0.3 is 15.3 Å². The Bertz CT molecular complexity index is 258. The molecule has 0 aromatic carbocycles. The van der Waals surface area contributed by atoms with Crippen LogP contribution in [0.5, 0.6) is 0 Å². The molecule has 2 saturated heterocycles. The van der Waals surface area contributed by atoms with E-state index in [0.29, 0.717) is 25.0 Å². The van der Waals surface area contributed by atoms with E-state index in [0.717, 1.165) is 39.0 Å². The van der Waals surface area contributed by atoms with Gasteiger partial charge in [-0.2, -0.15) is 0 Å². The number of carboxylic acid groups (broad SMARTS) is 1. The van der Waals surface area contributed by atoms with Crippen LogP contribution in [0.1, 0.15) is 19.8 Å². The van der Waals surface area contributed by atoms with Crippen molar-refractivity contribution >= 4 is 6.09 Å². The molecule has 5 nitrogen and oxygen atoms in total. The van der Waals surface area contributed by atoms with Gasteiger partial charge in [0.1, 0.15) is 0 Å². The van der Waals surface area contributed by atoms with Crippen LogP contribution in [0.25, 0.3) is 0 Å². The zero-order valence-electron chi connectivity index (χ0n) is 10.6. The molecule has 0 aromatic rings. The second kappa shape index (κ2) is 5.69. The molecular weight excluding hydrogens is 218 g/mol. The summed E-state index contributed by atoms with van der Waals surface area (Å²) >= 11 is 0. The summed E-state index contributed by atoms with van der Waals surface area (Å²) in [7, 11) is 0. The molecule has 0 aromatic heterocycles. The summed E-state index contributed by atoms with van der Waals surface area (Å²) in [5.41, 5.74) is 0. The van der Waals surface area contributed by atoms with Crippen LogP contribution < -0.4 is 5.32 Å². The molecule has 2 aliphatic rings. The maximum atomic E-state index is 10.8. The van der Waals surface area contributed by atoms with Gasteiger partial charge in [-0.3, -0.25) is 4.90 Å². The highest BCUT2D eigenvalue weighted by Gasteiger charge is 2.29. The largest absolute Gasteiger partial charge is 0.465 e. The average molecular weight is 241 g/mol. The van der Waals surface area contributed by atoms with Crippen molar-refractivity contribution in [1.29, 1.82) is 0 Å². The fourth-order valence-electron chi connectivity index (χ4n) is 2.96. The van der Waals surface area contributed by atoms with Crippen LogP contribution in [0.4, 0.5) is 4.79 Å². The molecule has 0 saturated carbocycles. The topological polar surface area (TPSA) is 55.8 Å². The van der Waals surface area contributed by atoms with E-state index in [1.165, 1.54) is 0 Å². The standard InChI is InChI=1S/C12H23N3O2/c1-10(14-8-4-13-5-9-14)11-2-6-15(7-3-11)12(16)17/h10-11,13H,2-9H2,1H3,(H,16,17)/t10-/m1/s1. The molecule has 2 N–H and O–H groups in total. The highest BCUT2D eigenvalue weighted by Crippen LogP contribution is 2.24. The summed E-state index contributed by atoms with van der Waals surface area (Å²) in [5.74, 6) is 0.656. The first-order chi connectivity index (χ1) is 8.18. The third-order valence-electron chi connectivity index (χ3n) is 4.22. The van der Waals surface area contributed by atoms with E-state index in [9.17, 15) is 4.79 Å². The number of hydrogen-bond donors (Lipinski definition) is 2. The number of piperidine rings is 1. The first-order valence-corrected chi connectivity index (χ1v) is 6.61. The number of likely N-dealkylation sites (tertiary alicyclic amines) is 1. The van der Waals surface area contributed by atoms with Crippen LogP contribution in [0, 0.1) is 5.92 Å². The van der Waals surface area contributed by atoms with Gasteiger partial charge in [-0.05, 0) is 25.7 Å². The molecule has 98 valence electrons. The van der Waals surface area contributed by atoms with Crippen molar-refractivity contribution in [2.24, 2.45) is 5.92 Å². The van der Waals surface area contributed by atoms with Gasteiger partial charge in [0.05, 0.1) is 0 Å². The predicted octanol–water partition coefficient (Wildman–Crippen LogP) is 0.670. The van der Waals surface area contributed by atoms with E-state index in [1.807, 2.05) is 0 Å². The SMILES string of the molecule is C[C@H](C1CCN(C(=O)O)CC1)N1CCNCC1. The summed E-state index contributed by atoms with van der Waals surface area (Å²) < 4.78 is 0. The summed E-state index contributed by atoms with van der Waals surface area (Å²) in [5, 5.41) is 12.3. The molecule has 2 fully saturated rings. The van der Waals surface area contributed by atoms with Gasteiger partial charge in [-0.15, -0.1) is 0 Å². The van der Waals surface area contributed by atoms with Gasteiger partial charge in [0.15, 0.2) is 0 Å². The van der Waals surface area contributed by atoms with E-state index >= 15 is 0 Å². The van der Waals surface area contributed by atoms with Crippen LogP contribution in [-0.4, -0.2) is 66.3 Å². The molecule has 0 aliphatic carbocycles. The number of nitrogens with zero attached hydrogens (tertiary/aromatic N) is 2. The van der Waals surface area contributed by atoms with E-state index in [4.69, 9.17) is 5.11 Å². The fraction of sp³-hybridized carbons (Fsp3) is 0.917. The van der Waals surface area contributed by atoms with Crippen LogP contribution in [0.3, 0.4) is 0 Å². The normalized spacial score (nSPS) is 25.8. The Balaban J connectivity index is 1.81. The Hall–Kier alpha value is -0.810. The zero-order chi connectivity index (χ0) is 12.3. The smallest absolute Gasteiger partial charge is 0.407 e. The predicted molar refractivity (Wildman–Crippen MR) is 66.2 cm³/mol. The van der Waals surface area contributed by atoms with Crippen molar-refractivity contribution in [3.05, 3.63) is 0 Å². The molecule has 1 amide bonds. The summed E-state index contributed by atoms with van der Waals surface area (Å²) in [6, 6.07) is 0.591. The van der Waals surface area contributed by atoms with Gasteiger partial charge in [-0.25, -0.2) is 4.79 Å². The summed E-state index contributed by atoms with van der Waals surface area (Å²) in [6.45, 7) is 8.12. The molecule has 5 heteroatoms. The summed E-state index contributed by atoms with van der Waals surface area (Å²) in [4.78, 5) is 14.9. The first kappa shape index (κ1) is 12.6. The minimum atomic E-state index is -0.765. The van der Waals surface area contributed by atoms with Crippen molar-refractivity contribution in [1.82, 2.24) is 15.1 Å². The quantitative estimate of drug-likeness (QED) is 0.746. The molecule has 2 heterocycles. The van der Waals surface area contributed by atoms with Crippen molar-refractivity contribution in [3.8, 4) is 0 Å². The number of carbonyl (C=O) groups is 1. The van der Waals surface area contributed by atoms with Gasteiger partial charge in [0.25, 0.3) is 0 Å². The van der Waals surface area contributed by atoms with E-state index < -0.39 is 6.09 Å². The van der Waals surface area contributed by atoms with Gasteiger partial charge in [-0.1, -0.05) is 0 Å².